The maximum atomic E-state index is 12.5. The fourth-order valence-electron chi connectivity index (χ4n) is 2.78. The van der Waals surface area contributed by atoms with Gasteiger partial charge in [0.15, 0.2) is 11.5 Å². The number of amides is 1. The topological polar surface area (TPSA) is 86.5 Å². The SMILES string of the molecule is COc1cc(/C=N\NC(=O)c2c(C)nc3ccccn23)cc(OC)c1OC. The number of ether oxygens (including phenoxy) is 3. The Morgan fingerprint density at radius 2 is 1.85 bits per heavy atom. The van der Waals surface area contributed by atoms with Crippen LogP contribution in [-0.2, 0) is 0 Å². The van der Waals surface area contributed by atoms with Crippen molar-refractivity contribution in [2.24, 2.45) is 5.10 Å². The van der Waals surface area contributed by atoms with E-state index >= 15 is 0 Å². The molecule has 8 heteroatoms. The normalized spacial score (nSPS) is 11.0. The molecule has 0 aliphatic carbocycles. The third-order valence-corrected chi connectivity index (χ3v) is 3.99. The minimum Gasteiger partial charge on any atom is -0.493 e. The average Bonchev–Trinajstić information content (AvgIpc) is 3.02. The zero-order chi connectivity index (χ0) is 19.4. The summed E-state index contributed by atoms with van der Waals surface area (Å²) in [6, 6.07) is 9.01. The van der Waals surface area contributed by atoms with Crippen molar-refractivity contribution in [3.8, 4) is 17.2 Å². The molecule has 2 aromatic heterocycles. The van der Waals surface area contributed by atoms with Crippen molar-refractivity contribution < 1.29 is 19.0 Å². The summed E-state index contributed by atoms with van der Waals surface area (Å²) in [5, 5.41) is 4.03. The molecule has 1 aromatic carbocycles. The highest BCUT2D eigenvalue weighted by molar-refractivity contribution is 5.95. The number of carbonyl (C=O) groups excluding carboxylic acids is 1. The van der Waals surface area contributed by atoms with Gasteiger partial charge in [-0.25, -0.2) is 10.4 Å². The summed E-state index contributed by atoms with van der Waals surface area (Å²) in [4.78, 5) is 16.9. The van der Waals surface area contributed by atoms with Crippen LogP contribution in [0.25, 0.3) is 5.65 Å². The van der Waals surface area contributed by atoms with E-state index in [1.165, 1.54) is 27.5 Å². The van der Waals surface area contributed by atoms with Gasteiger partial charge in [-0.15, -0.1) is 0 Å². The maximum Gasteiger partial charge on any atom is 0.290 e. The number of nitrogens with zero attached hydrogens (tertiary/aromatic N) is 3. The molecule has 0 unspecified atom stereocenters. The second kappa shape index (κ2) is 7.77. The van der Waals surface area contributed by atoms with Crippen LogP contribution in [0.15, 0.2) is 41.6 Å². The molecule has 0 spiro atoms. The van der Waals surface area contributed by atoms with Gasteiger partial charge in [0.25, 0.3) is 5.91 Å². The maximum absolute atomic E-state index is 12.5. The number of aromatic nitrogens is 2. The van der Waals surface area contributed by atoms with Gasteiger partial charge in [-0.05, 0) is 31.2 Å². The third kappa shape index (κ3) is 3.55. The highest BCUT2D eigenvalue weighted by Crippen LogP contribution is 2.37. The predicted molar refractivity (Wildman–Crippen MR) is 101 cm³/mol. The lowest BCUT2D eigenvalue weighted by Gasteiger charge is -2.12. The molecule has 0 fully saturated rings. The molecule has 3 rings (SSSR count). The summed E-state index contributed by atoms with van der Waals surface area (Å²) >= 11 is 0. The second-order valence-corrected chi connectivity index (χ2v) is 5.63. The minimum atomic E-state index is -0.352. The van der Waals surface area contributed by atoms with Crippen LogP contribution in [0.2, 0.25) is 0 Å². The van der Waals surface area contributed by atoms with Crippen LogP contribution >= 0.6 is 0 Å². The molecule has 0 saturated carbocycles. The first kappa shape index (κ1) is 18.2. The molecule has 0 aliphatic heterocycles. The van der Waals surface area contributed by atoms with E-state index in [0.717, 1.165) is 0 Å². The Labute approximate surface area is 156 Å². The summed E-state index contributed by atoms with van der Waals surface area (Å²) in [7, 11) is 4.60. The van der Waals surface area contributed by atoms with Crippen molar-refractivity contribution in [1.82, 2.24) is 14.8 Å². The minimum absolute atomic E-state index is 0.352. The number of benzene rings is 1. The lowest BCUT2D eigenvalue weighted by molar-refractivity contribution is 0.0948. The Morgan fingerprint density at radius 1 is 1.15 bits per heavy atom. The van der Waals surface area contributed by atoms with E-state index in [-0.39, 0.29) is 5.91 Å². The van der Waals surface area contributed by atoms with Crippen LogP contribution in [0.4, 0.5) is 0 Å². The molecule has 140 valence electrons. The molecule has 0 aliphatic rings. The van der Waals surface area contributed by atoms with Gasteiger partial charge in [0.05, 0.1) is 33.2 Å². The largest absolute Gasteiger partial charge is 0.493 e. The first-order chi connectivity index (χ1) is 13.1. The van der Waals surface area contributed by atoms with Gasteiger partial charge < -0.3 is 14.2 Å². The van der Waals surface area contributed by atoms with Crippen LogP contribution in [0.5, 0.6) is 17.2 Å². The number of methoxy groups -OCH3 is 3. The monoisotopic (exact) mass is 368 g/mol. The smallest absolute Gasteiger partial charge is 0.290 e. The number of carbonyl (C=O) groups is 1. The van der Waals surface area contributed by atoms with E-state index in [1.54, 1.807) is 29.7 Å². The van der Waals surface area contributed by atoms with Crippen molar-refractivity contribution >= 4 is 17.8 Å². The van der Waals surface area contributed by atoms with Gasteiger partial charge in [0, 0.05) is 11.8 Å². The summed E-state index contributed by atoms with van der Waals surface area (Å²) in [5.74, 6) is 1.14. The summed E-state index contributed by atoms with van der Waals surface area (Å²) in [5.41, 5.74) is 4.97. The van der Waals surface area contributed by atoms with Gasteiger partial charge in [0.2, 0.25) is 5.75 Å². The first-order valence-electron chi connectivity index (χ1n) is 8.16. The molecule has 1 amide bonds. The number of fused-ring (bicyclic) bond motifs is 1. The summed E-state index contributed by atoms with van der Waals surface area (Å²) < 4.78 is 17.6. The molecule has 0 atom stereocenters. The van der Waals surface area contributed by atoms with Crippen LogP contribution in [0.1, 0.15) is 21.7 Å². The predicted octanol–water partition coefficient (Wildman–Crippen LogP) is 2.43. The van der Waals surface area contributed by atoms with Crippen LogP contribution in [0.3, 0.4) is 0 Å². The molecule has 8 nitrogen and oxygen atoms in total. The summed E-state index contributed by atoms with van der Waals surface area (Å²) in [6.45, 7) is 1.78. The van der Waals surface area contributed by atoms with Crippen molar-refractivity contribution in [3.05, 3.63) is 53.5 Å². The van der Waals surface area contributed by atoms with E-state index in [9.17, 15) is 4.79 Å². The number of hydrogen-bond acceptors (Lipinski definition) is 6. The number of nitrogens with one attached hydrogen (secondary N) is 1. The van der Waals surface area contributed by atoms with Gasteiger partial charge in [-0.1, -0.05) is 6.07 Å². The third-order valence-electron chi connectivity index (χ3n) is 3.99. The van der Waals surface area contributed by atoms with E-state index < -0.39 is 0 Å². The number of hydrogen-bond donors (Lipinski definition) is 1. The van der Waals surface area contributed by atoms with Crippen molar-refractivity contribution in [2.45, 2.75) is 6.92 Å². The Bertz CT molecular complexity index is 985. The highest BCUT2D eigenvalue weighted by atomic mass is 16.5. The number of aryl methyl sites for hydroxylation is 1. The molecule has 0 saturated heterocycles. The number of imidazole rings is 1. The number of hydrazone groups is 1. The zero-order valence-corrected chi connectivity index (χ0v) is 15.5. The van der Waals surface area contributed by atoms with E-state index in [0.29, 0.717) is 39.8 Å². The van der Waals surface area contributed by atoms with Crippen molar-refractivity contribution in [1.29, 1.82) is 0 Å². The number of pyridine rings is 1. The Balaban J connectivity index is 1.83. The molecule has 2 heterocycles. The van der Waals surface area contributed by atoms with Gasteiger partial charge in [-0.3, -0.25) is 9.20 Å². The molecule has 1 N–H and O–H groups in total. The van der Waals surface area contributed by atoms with Crippen LogP contribution in [0, 0.1) is 6.92 Å². The Morgan fingerprint density at radius 3 is 2.48 bits per heavy atom. The van der Waals surface area contributed by atoms with Crippen LogP contribution < -0.4 is 19.6 Å². The van der Waals surface area contributed by atoms with Crippen LogP contribution in [-0.4, -0.2) is 42.8 Å². The van der Waals surface area contributed by atoms with Crippen molar-refractivity contribution in [2.75, 3.05) is 21.3 Å². The standard InChI is InChI=1S/C19H20N4O4/c1-12-17(23-8-6-5-7-16(23)21-12)19(24)22-20-11-13-9-14(25-2)18(27-4)15(10-13)26-3/h5-11H,1-4H3,(H,22,24)/b20-11-. The zero-order valence-electron chi connectivity index (χ0n) is 15.5. The average molecular weight is 368 g/mol. The molecule has 0 bridgehead atoms. The lowest BCUT2D eigenvalue weighted by atomic mass is 10.2. The van der Waals surface area contributed by atoms with Gasteiger partial charge in [-0.2, -0.15) is 5.10 Å². The van der Waals surface area contributed by atoms with Crippen molar-refractivity contribution in [3.63, 3.8) is 0 Å². The van der Waals surface area contributed by atoms with Gasteiger partial charge >= 0.3 is 0 Å². The Hall–Kier alpha value is -3.55. The van der Waals surface area contributed by atoms with E-state index in [1.807, 2.05) is 18.2 Å². The quantitative estimate of drug-likeness (QED) is 0.533. The van der Waals surface area contributed by atoms with E-state index in [4.69, 9.17) is 14.2 Å². The molecule has 3 aromatic rings. The molecule has 0 radical (unpaired) electrons. The highest BCUT2D eigenvalue weighted by Gasteiger charge is 2.16. The Kier molecular flexibility index (Phi) is 5.25. The fourth-order valence-corrected chi connectivity index (χ4v) is 2.78. The molecule has 27 heavy (non-hydrogen) atoms. The molecular weight excluding hydrogens is 348 g/mol. The lowest BCUT2D eigenvalue weighted by Crippen LogP contribution is -2.20. The van der Waals surface area contributed by atoms with Gasteiger partial charge in [0.1, 0.15) is 11.3 Å². The summed E-state index contributed by atoms with van der Waals surface area (Å²) in [6.07, 6.45) is 3.29. The second-order valence-electron chi connectivity index (χ2n) is 5.63. The first-order valence-corrected chi connectivity index (χ1v) is 8.16. The number of rotatable bonds is 6. The van der Waals surface area contributed by atoms with E-state index in [2.05, 4.69) is 15.5 Å². The molecular formula is C19H20N4O4. The fraction of sp³-hybridized carbons (Fsp3) is 0.211.